The molecule has 0 spiro atoms. The standard InChI is InChI=1S/C16H18N2OS/c1-2-14-9-10-15(20-14)12-17-18-16(19)11-8-13-6-4-3-5-7-13/h3-7,9-10,12H,2,8,11H2,1H3,(H,18,19)/b17-12+. The number of benzene rings is 1. The van der Waals surface area contributed by atoms with Gasteiger partial charge in [0.05, 0.1) is 6.21 Å². The Kier molecular flexibility index (Phi) is 5.50. The number of amides is 1. The van der Waals surface area contributed by atoms with Gasteiger partial charge in [-0.15, -0.1) is 11.3 Å². The maximum Gasteiger partial charge on any atom is 0.240 e. The molecule has 2 rings (SSSR count). The Morgan fingerprint density at radius 2 is 2.05 bits per heavy atom. The number of carbonyl (C=O) groups is 1. The van der Waals surface area contributed by atoms with E-state index in [0.29, 0.717) is 6.42 Å². The highest BCUT2D eigenvalue weighted by atomic mass is 32.1. The lowest BCUT2D eigenvalue weighted by molar-refractivity contribution is -0.121. The molecule has 104 valence electrons. The maximum atomic E-state index is 11.6. The van der Waals surface area contributed by atoms with E-state index in [9.17, 15) is 4.79 Å². The van der Waals surface area contributed by atoms with Crippen molar-refractivity contribution in [3.05, 3.63) is 57.8 Å². The van der Waals surface area contributed by atoms with Gasteiger partial charge in [0.15, 0.2) is 0 Å². The minimum Gasteiger partial charge on any atom is -0.273 e. The number of carbonyl (C=O) groups excluding carboxylic acids is 1. The molecule has 2 aromatic rings. The third-order valence-corrected chi connectivity index (χ3v) is 4.06. The van der Waals surface area contributed by atoms with Crippen LogP contribution in [0.15, 0.2) is 47.6 Å². The first-order chi connectivity index (χ1) is 9.78. The Hall–Kier alpha value is -1.94. The summed E-state index contributed by atoms with van der Waals surface area (Å²) in [7, 11) is 0. The van der Waals surface area contributed by atoms with E-state index in [1.807, 2.05) is 36.4 Å². The molecule has 0 radical (unpaired) electrons. The predicted molar refractivity (Wildman–Crippen MR) is 84.2 cm³/mol. The summed E-state index contributed by atoms with van der Waals surface area (Å²) >= 11 is 1.69. The van der Waals surface area contributed by atoms with E-state index in [2.05, 4.69) is 23.5 Å². The second-order valence-corrected chi connectivity index (χ2v) is 5.64. The van der Waals surface area contributed by atoms with Crippen molar-refractivity contribution in [2.45, 2.75) is 26.2 Å². The Morgan fingerprint density at radius 3 is 2.75 bits per heavy atom. The zero-order chi connectivity index (χ0) is 14.2. The third kappa shape index (κ3) is 4.63. The molecular weight excluding hydrogens is 268 g/mol. The molecule has 1 aromatic carbocycles. The molecule has 1 aromatic heterocycles. The fourth-order valence-electron chi connectivity index (χ4n) is 1.78. The topological polar surface area (TPSA) is 41.5 Å². The van der Waals surface area contributed by atoms with Crippen molar-refractivity contribution >= 4 is 23.5 Å². The molecule has 0 aliphatic heterocycles. The normalized spacial score (nSPS) is 10.8. The molecule has 20 heavy (non-hydrogen) atoms. The average molecular weight is 286 g/mol. The number of aryl methyl sites for hydroxylation is 2. The van der Waals surface area contributed by atoms with Gasteiger partial charge in [-0.2, -0.15) is 5.10 Å². The monoisotopic (exact) mass is 286 g/mol. The van der Waals surface area contributed by atoms with Crippen molar-refractivity contribution < 1.29 is 4.79 Å². The Bertz CT molecular complexity index is 575. The lowest BCUT2D eigenvalue weighted by Gasteiger charge is -2.00. The molecule has 0 aliphatic carbocycles. The van der Waals surface area contributed by atoms with Gasteiger partial charge in [-0.1, -0.05) is 37.3 Å². The highest BCUT2D eigenvalue weighted by Crippen LogP contribution is 2.14. The minimum atomic E-state index is -0.0580. The second-order valence-electron chi connectivity index (χ2n) is 4.44. The van der Waals surface area contributed by atoms with E-state index in [-0.39, 0.29) is 5.91 Å². The van der Waals surface area contributed by atoms with Crippen molar-refractivity contribution in [3.63, 3.8) is 0 Å². The lowest BCUT2D eigenvalue weighted by atomic mass is 10.1. The summed E-state index contributed by atoms with van der Waals surface area (Å²) in [5, 5.41) is 3.99. The van der Waals surface area contributed by atoms with Crippen LogP contribution in [0.5, 0.6) is 0 Å². The summed E-state index contributed by atoms with van der Waals surface area (Å²) in [6.07, 6.45) is 3.92. The molecule has 0 fully saturated rings. The van der Waals surface area contributed by atoms with Gasteiger partial charge in [-0.3, -0.25) is 4.79 Å². The molecule has 1 amide bonds. The van der Waals surface area contributed by atoms with Crippen LogP contribution in [-0.2, 0) is 17.6 Å². The number of nitrogens with zero attached hydrogens (tertiary/aromatic N) is 1. The van der Waals surface area contributed by atoms with E-state index in [1.54, 1.807) is 17.6 Å². The summed E-state index contributed by atoms with van der Waals surface area (Å²) in [4.78, 5) is 14.0. The van der Waals surface area contributed by atoms with Crippen LogP contribution >= 0.6 is 11.3 Å². The average Bonchev–Trinajstić information content (AvgIpc) is 2.94. The van der Waals surface area contributed by atoms with Crippen molar-refractivity contribution in [2.75, 3.05) is 0 Å². The quantitative estimate of drug-likeness (QED) is 0.642. The molecule has 1 N–H and O–H groups in total. The van der Waals surface area contributed by atoms with Crippen LogP contribution in [0.1, 0.15) is 28.7 Å². The van der Waals surface area contributed by atoms with Crippen molar-refractivity contribution in [1.82, 2.24) is 5.43 Å². The maximum absolute atomic E-state index is 11.6. The first-order valence-corrected chi connectivity index (χ1v) is 7.54. The Labute approximate surface area is 123 Å². The van der Waals surface area contributed by atoms with Gasteiger partial charge in [0, 0.05) is 16.2 Å². The Balaban J connectivity index is 1.74. The fourth-order valence-corrected chi connectivity index (χ4v) is 2.60. The van der Waals surface area contributed by atoms with Crippen molar-refractivity contribution in [1.29, 1.82) is 0 Å². The highest BCUT2D eigenvalue weighted by Gasteiger charge is 2.00. The lowest BCUT2D eigenvalue weighted by Crippen LogP contribution is -2.17. The predicted octanol–water partition coefficient (Wildman–Crippen LogP) is 3.39. The van der Waals surface area contributed by atoms with E-state index in [4.69, 9.17) is 0 Å². The van der Waals surface area contributed by atoms with Crippen LogP contribution in [0.2, 0.25) is 0 Å². The number of hydrogen-bond acceptors (Lipinski definition) is 3. The van der Waals surface area contributed by atoms with Gasteiger partial charge >= 0.3 is 0 Å². The number of thiophene rings is 1. The SMILES string of the molecule is CCc1ccc(/C=N/NC(=O)CCc2ccccc2)s1. The minimum absolute atomic E-state index is 0.0580. The van der Waals surface area contributed by atoms with Crippen LogP contribution in [-0.4, -0.2) is 12.1 Å². The molecule has 3 nitrogen and oxygen atoms in total. The third-order valence-electron chi connectivity index (χ3n) is 2.90. The summed E-state index contributed by atoms with van der Waals surface area (Å²) in [5.41, 5.74) is 3.73. The van der Waals surface area contributed by atoms with Gasteiger partial charge in [0.2, 0.25) is 5.91 Å². The van der Waals surface area contributed by atoms with Crippen molar-refractivity contribution in [3.8, 4) is 0 Å². The fraction of sp³-hybridized carbons (Fsp3) is 0.250. The van der Waals surface area contributed by atoms with Gasteiger partial charge in [-0.05, 0) is 30.5 Å². The van der Waals surface area contributed by atoms with Gasteiger partial charge in [0.1, 0.15) is 0 Å². The molecule has 1 heterocycles. The van der Waals surface area contributed by atoms with Gasteiger partial charge in [-0.25, -0.2) is 5.43 Å². The van der Waals surface area contributed by atoms with Crippen LogP contribution < -0.4 is 5.43 Å². The molecule has 0 aliphatic rings. The van der Waals surface area contributed by atoms with E-state index < -0.39 is 0 Å². The van der Waals surface area contributed by atoms with E-state index in [0.717, 1.165) is 23.3 Å². The molecule has 0 unspecified atom stereocenters. The van der Waals surface area contributed by atoms with Crippen LogP contribution in [0, 0.1) is 0 Å². The largest absolute Gasteiger partial charge is 0.273 e. The Morgan fingerprint density at radius 1 is 1.25 bits per heavy atom. The van der Waals surface area contributed by atoms with Crippen molar-refractivity contribution in [2.24, 2.45) is 5.10 Å². The van der Waals surface area contributed by atoms with E-state index >= 15 is 0 Å². The second kappa shape index (κ2) is 7.60. The summed E-state index contributed by atoms with van der Waals surface area (Å²) in [5.74, 6) is -0.0580. The summed E-state index contributed by atoms with van der Waals surface area (Å²) < 4.78 is 0. The van der Waals surface area contributed by atoms with E-state index in [1.165, 1.54) is 4.88 Å². The van der Waals surface area contributed by atoms with Crippen LogP contribution in [0.4, 0.5) is 0 Å². The molecule has 0 saturated heterocycles. The smallest absolute Gasteiger partial charge is 0.240 e. The first kappa shape index (κ1) is 14.5. The van der Waals surface area contributed by atoms with Gasteiger partial charge < -0.3 is 0 Å². The number of hydrogen-bond donors (Lipinski definition) is 1. The number of rotatable bonds is 6. The summed E-state index contributed by atoms with van der Waals surface area (Å²) in [6, 6.07) is 14.1. The molecule has 0 bridgehead atoms. The molecule has 4 heteroatoms. The number of hydrazone groups is 1. The molecule has 0 saturated carbocycles. The zero-order valence-electron chi connectivity index (χ0n) is 11.5. The number of nitrogens with one attached hydrogen (secondary N) is 1. The van der Waals surface area contributed by atoms with Crippen LogP contribution in [0.3, 0.4) is 0 Å². The summed E-state index contributed by atoms with van der Waals surface area (Å²) in [6.45, 7) is 2.12. The first-order valence-electron chi connectivity index (χ1n) is 6.72. The van der Waals surface area contributed by atoms with Gasteiger partial charge in [0.25, 0.3) is 0 Å². The zero-order valence-corrected chi connectivity index (χ0v) is 12.3. The molecular formula is C16H18N2OS. The van der Waals surface area contributed by atoms with Crippen LogP contribution in [0.25, 0.3) is 0 Å². The highest BCUT2D eigenvalue weighted by molar-refractivity contribution is 7.13. The molecule has 0 atom stereocenters.